The van der Waals surface area contributed by atoms with Crippen LogP contribution in [0.4, 0.5) is 0 Å². The van der Waals surface area contributed by atoms with Gasteiger partial charge in [-0.3, -0.25) is 4.79 Å². The highest BCUT2D eigenvalue weighted by Crippen LogP contribution is 2.25. The molecule has 0 aromatic carbocycles. The van der Waals surface area contributed by atoms with Gasteiger partial charge in [-0.1, -0.05) is 11.6 Å². The summed E-state index contributed by atoms with van der Waals surface area (Å²) in [5.41, 5.74) is 0.499. The molecule has 1 fully saturated rings. The smallest absolute Gasteiger partial charge is 0.256 e. The molecule has 1 N–H and O–H groups in total. The van der Waals surface area contributed by atoms with Crippen LogP contribution in [0.25, 0.3) is 0 Å². The SMILES string of the molecule is O=C(NCC1CCC1)c1cnoc1. The molecule has 70 valence electrons. The summed E-state index contributed by atoms with van der Waals surface area (Å²) in [5, 5.41) is 6.32. The zero-order chi connectivity index (χ0) is 9.10. The number of rotatable bonds is 3. The van der Waals surface area contributed by atoms with E-state index in [4.69, 9.17) is 0 Å². The van der Waals surface area contributed by atoms with E-state index in [9.17, 15) is 4.79 Å². The van der Waals surface area contributed by atoms with Gasteiger partial charge in [-0.25, -0.2) is 0 Å². The van der Waals surface area contributed by atoms with Crippen molar-refractivity contribution in [2.24, 2.45) is 5.92 Å². The first-order valence-electron chi connectivity index (χ1n) is 4.54. The molecule has 0 saturated heterocycles. The molecular weight excluding hydrogens is 168 g/mol. The van der Waals surface area contributed by atoms with Gasteiger partial charge in [0.25, 0.3) is 5.91 Å². The number of hydrogen-bond donors (Lipinski definition) is 1. The monoisotopic (exact) mass is 180 g/mol. The lowest BCUT2D eigenvalue weighted by molar-refractivity contribution is 0.0938. The molecule has 2 rings (SSSR count). The normalized spacial score (nSPS) is 16.6. The first kappa shape index (κ1) is 8.29. The first-order chi connectivity index (χ1) is 6.36. The van der Waals surface area contributed by atoms with Gasteiger partial charge in [-0.15, -0.1) is 0 Å². The Labute approximate surface area is 76.3 Å². The van der Waals surface area contributed by atoms with Crippen molar-refractivity contribution < 1.29 is 9.32 Å². The van der Waals surface area contributed by atoms with Crippen molar-refractivity contribution in [1.29, 1.82) is 0 Å². The van der Waals surface area contributed by atoms with E-state index in [-0.39, 0.29) is 5.91 Å². The predicted octanol–water partition coefficient (Wildman–Crippen LogP) is 1.20. The van der Waals surface area contributed by atoms with Gasteiger partial charge in [0.2, 0.25) is 0 Å². The fourth-order valence-corrected chi connectivity index (χ4v) is 1.35. The Morgan fingerprint density at radius 1 is 1.69 bits per heavy atom. The average Bonchev–Trinajstić information content (AvgIpc) is 2.52. The molecule has 1 saturated carbocycles. The average molecular weight is 180 g/mol. The van der Waals surface area contributed by atoms with E-state index in [2.05, 4.69) is 15.0 Å². The van der Waals surface area contributed by atoms with Crippen LogP contribution in [0.3, 0.4) is 0 Å². The van der Waals surface area contributed by atoms with Gasteiger partial charge in [0.05, 0.1) is 11.8 Å². The summed E-state index contributed by atoms with van der Waals surface area (Å²) in [6.45, 7) is 0.782. The molecule has 0 bridgehead atoms. The molecule has 0 aliphatic heterocycles. The zero-order valence-electron chi connectivity index (χ0n) is 7.32. The number of aromatic nitrogens is 1. The van der Waals surface area contributed by atoms with Crippen molar-refractivity contribution in [3.63, 3.8) is 0 Å². The van der Waals surface area contributed by atoms with E-state index < -0.39 is 0 Å². The molecule has 1 aliphatic rings. The second-order valence-electron chi connectivity index (χ2n) is 3.42. The minimum absolute atomic E-state index is 0.0897. The molecule has 1 aliphatic carbocycles. The van der Waals surface area contributed by atoms with Crippen LogP contribution in [0.5, 0.6) is 0 Å². The van der Waals surface area contributed by atoms with Crippen LogP contribution in [0.2, 0.25) is 0 Å². The van der Waals surface area contributed by atoms with Crippen LogP contribution in [-0.2, 0) is 0 Å². The molecule has 1 aromatic rings. The van der Waals surface area contributed by atoms with Crippen molar-refractivity contribution in [2.75, 3.05) is 6.54 Å². The van der Waals surface area contributed by atoms with Gasteiger partial charge in [0.1, 0.15) is 6.26 Å². The third-order valence-corrected chi connectivity index (χ3v) is 2.47. The molecule has 1 amide bonds. The topological polar surface area (TPSA) is 55.1 Å². The molecule has 0 radical (unpaired) electrons. The van der Waals surface area contributed by atoms with Gasteiger partial charge < -0.3 is 9.84 Å². The van der Waals surface area contributed by atoms with E-state index in [0.717, 1.165) is 6.54 Å². The van der Waals surface area contributed by atoms with Crippen molar-refractivity contribution >= 4 is 5.91 Å². The highest BCUT2D eigenvalue weighted by Gasteiger charge is 2.18. The number of carbonyl (C=O) groups excluding carboxylic acids is 1. The molecule has 0 atom stereocenters. The lowest BCUT2D eigenvalue weighted by Crippen LogP contribution is -2.31. The second kappa shape index (κ2) is 3.60. The summed E-state index contributed by atoms with van der Waals surface area (Å²) in [5.74, 6) is 0.594. The minimum atomic E-state index is -0.0897. The van der Waals surface area contributed by atoms with Crippen LogP contribution in [0.15, 0.2) is 17.0 Å². The molecular formula is C9H12N2O2. The molecule has 13 heavy (non-hydrogen) atoms. The van der Waals surface area contributed by atoms with Crippen LogP contribution in [0.1, 0.15) is 29.6 Å². The minimum Gasteiger partial charge on any atom is -0.364 e. The summed E-state index contributed by atoms with van der Waals surface area (Å²) in [6, 6.07) is 0. The van der Waals surface area contributed by atoms with Crippen LogP contribution in [-0.4, -0.2) is 17.6 Å². The summed E-state index contributed by atoms with van der Waals surface area (Å²) in [7, 11) is 0. The van der Waals surface area contributed by atoms with Crippen molar-refractivity contribution in [3.8, 4) is 0 Å². The third kappa shape index (κ3) is 1.88. The Kier molecular flexibility index (Phi) is 2.29. The molecule has 0 spiro atoms. The lowest BCUT2D eigenvalue weighted by atomic mass is 9.85. The molecule has 1 aromatic heterocycles. The fraction of sp³-hybridized carbons (Fsp3) is 0.556. The summed E-state index contributed by atoms with van der Waals surface area (Å²) in [6.07, 6.45) is 6.56. The second-order valence-corrected chi connectivity index (χ2v) is 3.42. The van der Waals surface area contributed by atoms with E-state index in [0.29, 0.717) is 11.5 Å². The maximum Gasteiger partial charge on any atom is 0.256 e. The number of nitrogens with zero attached hydrogens (tertiary/aromatic N) is 1. The van der Waals surface area contributed by atoms with E-state index in [1.807, 2.05) is 0 Å². The van der Waals surface area contributed by atoms with Crippen molar-refractivity contribution in [3.05, 3.63) is 18.0 Å². The van der Waals surface area contributed by atoms with Crippen molar-refractivity contribution in [2.45, 2.75) is 19.3 Å². The number of amides is 1. The highest BCUT2D eigenvalue weighted by molar-refractivity contribution is 5.93. The van der Waals surface area contributed by atoms with Gasteiger partial charge in [0, 0.05) is 6.54 Å². The summed E-state index contributed by atoms with van der Waals surface area (Å²) in [4.78, 5) is 11.3. The molecule has 0 unspecified atom stereocenters. The number of hydrogen-bond acceptors (Lipinski definition) is 3. The summed E-state index contributed by atoms with van der Waals surface area (Å²) >= 11 is 0. The largest absolute Gasteiger partial charge is 0.364 e. The van der Waals surface area contributed by atoms with Gasteiger partial charge in [-0.2, -0.15) is 0 Å². The molecule has 4 nitrogen and oxygen atoms in total. The maximum atomic E-state index is 11.3. The molecule has 4 heteroatoms. The Hall–Kier alpha value is -1.32. The molecule has 1 heterocycles. The number of nitrogens with one attached hydrogen (secondary N) is 1. The van der Waals surface area contributed by atoms with Crippen molar-refractivity contribution in [1.82, 2.24) is 10.5 Å². The van der Waals surface area contributed by atoms with Crippen LogP contribution < -0.4 is 5.32 Å². The van der Waals surface area contributed by atoms with E-state index in [1.54, 1.807) is 0 Å². The van der Waals surface area contributed by atoms with E-state index in [1.165, 1.54) is 31.7 Å². The standard InChI is InChI=1S/C9H12N2O2/c12-9(8-5-11-13-6-8)10-4-7-2-1-3-7/h5-7H,1-4H2,(H,10,12). The maximum absolute atomic E-state index is 11.3. The highest BCUT2D eigenvalue weighted by atomic mass is 16.5. The zero-order valence-corrected chi connectivity index (χ0v) is 7.32. The van der Waals surface area contributed by atoms with Gasteiger partial charge >= 0.3 is 0 Å². The van der Waals surface area contributed by atoms with Gasteiger partial charge in [-0.05, 0) is 18.8 Å². The number of carbonyl (C=O) groups is 1. The quantitative estimate of drug-likeness (QED) is 0.760. The predicted molar refractivity (Wildman–Crippen MR) is 46.2 cm³/mol. The summed E-state index contributed by atoms with van der Waals surface area (Å²) < 4.78 is 4.57. The Bertz CT molecular complexity index is 278. The Morgan fingerprint density at radius 2 is 2.54 bits per heavy atom. The fourth-order valence-electron chi connectivity index (χ4n) is 1.35. The lowest BCUT2D eigenvalue weighted by Gasteiger charge is -2.25. The van der Waals surface area contributed by atoms with Crippen LogP contribution >= 0.6 is 0 Å². The third-order valence-electron chi connectivity index (χ3n) is 2.47. The Morgan fingerprint density at radius 3 is 3.08 bits per heavy atom. The van der Waals surface area contributed by atoms with Crippen LogP contribution in [0, 0.1) is 5.92 Å². The van der Waals surface area contributed by atoms with Gasteiger partial charge in [0.15, 0.2) is 0 Å². The Balaban J connectivity index is 1.78. The first-order valence-corrected chi connectivity index (χ1v) is 4.54. The van der Waals surface area contributed by atoms with E-state index >= 15 is 0 Å².